The van der Waals surface area contributed by atoms with Crippen molar-refractivity contribution in [3.8, 4) is 0 Å². The van der Waals surface area contributed by atoms with Crippen LogP contribution in [0.25, 0.3) is 0 Å². The van der Waals surface area contributed by atoms with Crippen LogP contribution in [0.3, 0.4) is 0 Å². The first kappa shape index (κ1) is 26.0. The summed E-state index contributed by atoms with van der Waals surface area (Å²) in [6.07, 6.45) is 7.48. The van der Waals surface area contributed by atoms with Gasteiger partial charge < -0.3 is 9.73 Å². The molecule has 2 aromatic carbocycles. The Morgan fingerprint density at radius 1 is 1.03 bits per heavy atom. The van der Waals surface area contributed by atoms with Gasteiger partial charge in [0, 0.05) is 24.5 Å². The predicted octanol–water partition coefficient (Wildman–Crippen LogP) is 7.91. The van der Waals surface area contributed by atoms with Crippen LogP contribution in [0.1, 0.15) is 88.6 Å². The van der Waals surface area contributed by atoms with Crippen LogP contribution < -0.4 is 10.2 Å². The maximum absolute atomic E-state index is 14.0. The Bertz CT molecular complexity index is 1320. The van der Waals surface area contributed by atoms with E-state index in [0.29, 0.717) is 18.6 Å². The number of benzene rings is 2. The molecule has 0 unspecified atom stereocenters. The summed E-state index contributed by atoms with van der Waals surface area (Å²) in [5.74, 6) is 0.188. The number of para-hydroxylation sites is 2. The summed E-state index contributed by atoms with van der Waals surface area (Å²) in [6, 6.07) is 19.6. The van der Waals surface area contributed by atoms with Crippen LogP contribution in [0, 0.1) is 5.92 Å². The number of furan rings is 1. The molecule has 5 nitrogen and oxygen atoms in total. The molecule has 1 amide bonds. The summed E-state index contributed by atoms with van der Waals surface area (Å²) < 4.78 is 5.90. The molecule has 198 valence electrons. The van der Waals surface area contributed by atoms with Crippen molar-refractivity contribution in [2.24, 2.45) is 5.92 Å². The van der Waals surface area contributed by atoms with E-state index in [1.165, 1.54) is 5.56 Å². The van der Waals surface area contributed by atoms with Gasteiger partial charge in [0.15, 0.2) is 0 Å². The molecule has 0 saturated carbocycles. The van der Waals surface area contributed by atoms with Crippen LogP contribution in [-0.4, -0.2) is 11.7 Å². The predicted molar refractivity (Wildman–Crippen MR) is 152 cm³/mol. The first-order valence-corrected chi connectivity index (χ1v) is 13.8. The number of allylic oxidation sites excluding steroid dienone is 1. The molecular formula is C33H38N2O3. The highest BCUT2D eigenvalue weighted by atomic mass is 16.3. The van der Waals surface area contributed by atoms with E-state index in [0.717, 1.165) is 41.9 Å². The van der Waals surface area contributed by atoms with Crippen LogP contribution in [0.15, 0.2) is 83.1 Å². The lowest BCUT2D eigenvalue weighted by Crippen LogP contribution is -2.42. The van der Waals surface area contributed by atoms with Gasteiger partial charge in [0.05, 0.1) is 23.6 Å². The molecule has 5 heteroatoms. The summed E-state index contributed by atoms with van der Waals surface area (Å²) >= 11 is 0. The van der Waals surface area contributed by atoms with Gasteiger partial charge in [-0.2, -0.15) is 0 Å². The van der Waals surface area contributed by atoms with Gasteiger partial charge >= 0.3 is 0 Å². The molecule has 1 aliphatic carbocycles. The minimum absolute atomic E-state index is 0.0167. The largest absolute Gasteiger partial charge is 0.467 e. The molecule has 0 spiro atoms. The van der Waals surface area contributed by atoms with E-state index in [-0.39, 0.29) is 23.0 Å². The topological polar surface area (TPSA) is 62.6 Å². The maximum atomic E-state index is 14.0. The lowest BCUT2D eigenvalue weighted by molar-refractivity contribution is -0.124. The average Bonchev–Trinajstić information content (AvgIpc) is 3.38. The molecule has 1 aliphatic heterocycles. The molecule has 38 heavy (non-hydrogen) atoms. The smallest absolute Gasteiger partial charge is 0.227 e. The zero-order valence-electron chi connectivity index (χ0n) is 22.9. The molecule has 2 aliphatic rings. The molecule has 0 bridgehead atoms. The number of amides is 1. The number of fused-ring (bicyclic) bond motifs is 2. The number of nitrogens with zero attached hydrogens (tertiary/aromatic N) is 1. The van der Waals surface area contributed by atoms with Crippen molar-refractivity contribution in [2.45, 2.75) is 77.2 Å². The zero-order valence-corrected chi connectivity index (χ0v) is 22.9. The SMILES string of the molecule is CCCCCC(=O)N1c2ccccc2NC2=C[C@@H](c3ccc(C(C)(C)C)cc3)CC(=O)[C@H]2[C@@H]1c1ccco1. The van der Waals surface area contributed by atoms with Crippen LogP contribution in [0.4, 0.5) is 11.4 Å². The number of nitrogens with one attached hydrogen (secondary N) is 1. The number of rotatable bonds is 6. The molecule has 0 radical (unpaired) electrons. The second-order valence-electron chi connectivity index (χ2n) is 11.6. The second-order valence-corrected chi connectivity index (χ2v) is 11.6. The molecule has 5 rings (SSSR count). The highest BCUT2D eigenvalue weighted by molar-refractivity contribution is 6.01. The van der Waals surface area contributed by atoms with Crippen LogP contribution in [0.5, 0.6) is 0 Å². The van der Waals surface area contributed by atoms with Gasteiger partial charge in [-0.15, -0.1) is 0 Å². The maximum Gasteiger partial charge on any atom is 0.227 e. The molecular weight excluding hydrogens is 472 g/mol. The minimum atomic E-state index is -0.543. The molecule has 0 saturated heterocycles. The summed E-state index contributed by atoms with van der Waals surface area (Å²) in [5.41, 5.74) is 4.91. The fourth-order valence-electron chi connectivity index (χ4n) is 5.74. The van der Waals surface area contributed by atoms with Gasteiger partial charge in [0.2, 0.25) is 5.91 Å². The first-order valence-electron chi connectivity index (χ1n) is 13.8. The van der Waals surface area contributed by atoms with Crippen molar-refractivity contribution in [2.75, 3.05) is 10.2 Å². The van der Waals surface area contributed by atoms with Crippen molar-refractivity contribution in [3.63, 3.8) is 0 Å². The summed E-state index contributed by atoms with van der Waals surface area (Å²) in [4.78, 5) is 29.6. The van der Waals surface area contributed by atoms with Crippen LogP contribution in [0.2, 0.25) is 0 Å². The fraction of sp³-hybridized carbons (Fsp3) is 0.394. The van der Waals surface area contributed by atoms with Crippen LogP contribution in [-0.2, 0) is 15.0 Å². The standard InChI is InChI=1S/C33H38N2O3/c1-5-6-7-14-30(37)35-27-12-9-8-11-25(27)34-26-20-23(22-15-17-24(18-16-22)33(2,3)4)21-28(36)31(26)32(35)29-13-10-19-38-29/h8-13,15-20,23,31-32,34H,5-7,14,21H2,1-4H3/t23-,31+,32+/m1/s1. The van der Waals surface area contributed by atoms with E-state index in [2.05, 4.69) is 63.4 Å². The van der Waals surface area contributed by atoms with E-state index in [1.807, 2.05) is 41.3 Å². The Balaban J connectivity index is 1.59. The van der Waals surface area contributed by atoms with E-state index in [1.54, 1.807) is 6.26 Å². The van der Waals surface area contributed by atoms with Gasteiger partial charge in [-0.05, 0) is 47.2 Å². The van der Waals surface area contributed by atoms with Gasteiger partial charge in [-0.3, -0.25) is 14.5 Å². The Labute approximate surface area is 225 Å². The number of carbonyl (C=O) groups excluding carboxylic acids is 2. The summed E-state index contributed by atoms with van der Waals surface area (Å²) in [7, 11) is 0. The average molecular weight is 511 g/mol. The fourth-order valence-corrected chi connectivity index (χ4v) is 5.74. The van der Waals surface area contributed by atoms with Crippen molar-refractivity contribution < 1.29 is 14.0 Å². The Hall–Kier alpha value is -3.60. The first-order chi connectivity index (χ1) is 18.3. The number of ketones is 1. The third-order valence-corrected chi connectivity index (χ3v) is 7.82. The molecule has 0 fully saturated rings. The third-order valence-electron chi connectivity index (χ3n) is 7.82. The number of Topliss-reactive ketones (excluding diaryl/α,β-unsaturated/α-hetero) is 1. The monoisotopic (exact) mass is 510 g/mol. The molecule has 2 heterocycles. The van der Waals surface area contributed by atoms with E-state index in [9.17, 15) is 9.59 Å². The van der Waals surface area contributed by atoms with E-state index >= 15 is 0 Å². The van der Waals surface area contributed by atoms with Gasteiger partial charge in [-0.1, -0.05) is 83.0 Å². The summed E-state index contributed by atoms with van der Waals surface area (Å²) in [6.45, 7) is 8.74. The van der Waals surface area contributed by atoms with Crippen molar-refractivity contribution in [1.29, 1.82) is 0 Å². The third kappa shape index (κ3) is 5.07. The van der Waals surface area contributed by atoms with E-state index < -0.39 is 12.0 Å². The quantitative estimate of drug-likeness (QED) is 0.342. The van der Waals surface area contributed by atoms with Gasteiger partial charge in [0.25, 0.3) is 0 Å². The number of hydrogen-bond donors (Lipinski definition) is 1. The van der Waals surface area contributed by atoms with Crippen molar-refractivity contribution in [3.05, 3.63) is 95.6 Å². The molecule has 1 aromatic heterocycles. The minimum Gasteiger partial charge on any atom is -0.467 e. The molecule has 1 N–H and O–H groups in total. The second kappa shape index (κ2) is 10.6. The van der Waals surface area contributed by atoms with Gasteiger partial charge in [0.1, 0.15) is 17.6 Å². The number of carbonyl (C=O) groups is 2. The van der Waals surface area contributed by atoms with Crippen LogP contribution >= 0.6 is 0 Å². The Morgan fingerprint density at radius 3 is 2.47 bits per heavy atom. The van der Waals surface area contributed by atoms with Gasteiger partial charge in [-0.25, -0.2) is 0 Å². The normalized spacial score (nSPS) is 21.2. The Morgan fingerprint density at radius 2 is 1.79 bits per heavy atom. The Kier molecular flexibility index (Phi) is 7.29. The molecule has 3 atom stereocenters. The van der Waals surface area contributed by atoms with E-state index in [4.69, 9.17) is 4.42 Å². The zero-order chi connectivity index (χ0) is 26.9. The molecule has 3 aromatic rings. The highest BCUT2D eigenvalue weighted by Crippen LogP contribution is 2.48. The summed E-state index contributed by atoms with van der Waals surface area (Å²) in [5, 5.41) is 3.58. The lowest BCUT2D eigenvalue weighted by Gasteiger charge is -2.36. The number of anilines is 2. The number of unbranched alkanes of at least 4 members (excludes halogenated alkanes) is 2. The number of hydrogen-bond acceptors (Lipinski definition) is 4. The highest BCUT2D eigenvalue weighted by Gasteiger charge is 2.46. The van der Waals surface area contributed by atoms with Crippen molar-refractivity contribution >= 4 is 23.1 Å². The van der Waals surface area contributed by atoms with Crippen molar-refractivity contribution in [1.82, 2.24) is 0 Å². The lowest BCUT2D eigenvalue weighted by atomic mass is 9.76.